The lowest BCUT2D eigenvalue weighted by atomic mass is 10.1. The number of rotatable bonds is 5. The molecule has 0 N–H and O–H groups in total. The third-order valence-corrected chi connectivity index (χ3v) is 5.52. The Morgan fingerprint density at radius 2 is 1.83 bits per heavy atom. The Labute approximate surface area is 141 Å². The molecule has 0 unspecified atom stereocenters. The molecule has 23 heavy (non-hydrogen) atoms. The quantitative estimate of drug-likeness (QED) is 0.815. The first-order chi connectivity index (χ1) is 11.3. The Bertz CT molecular complexity index is 642. The van der Waals surface area contributed by atoms with Crippen molar-refractivity contribution in [3.63, 3.8) is 0 Å². The van der Waals surface area contributed by atoms with E-state index in [0.29, 0.717) is 12.3 Å². The number of benzene rings is 1. The number of aryl methyl sites for hydroxylation is 1. The maximum atomic E-state index is 12.2. The molecule has 1 fully saturated rings. The normalized spacial score (nSPS) is 14.7. The van der Waals surface area contributed by atoms with E-state index in [1.807, 2.05) is 17.0 Å². The number of hydrogen-bond donors (Lipinski definition) is 0. The summed E-state index contributed by atoms with van der Waals surface area (Å²) < 4.78 is 5.19. The lowest BCUT2D eigenvalue weighted by Crippen LogP contribution is -2.35. The van der Waals surface area contributed by atoms with Crippen molar-refractivity contribution in [1.29, 1.82) is 0 Å². The molecule has 1 saturated heterocycles. The van der Waals surface area contributed by atoms with Gasteiger partial charge in [-0.25, -0.2) is 0 Å². The molecule has 1 aromatic carbocycles. The first-order valence-corrected chi connectivity index (χ1v) is 9.09. The SMILES string of the molecule is COc1ccc(-c2ccc(CCC(=O)N3CCCCC3)s2)cc1. The average Bonchev–Trinajstić information content (AvgIpc) is 3.09. The zero-order valence-electron chi connectivity index (χ0n) is 13.6. The van der Waals surface area contributed by atoms with Gasteiger partial charge in [0.05, 0.1) is 7.11 Å². The van der Waals surface area contributed by atoms with Gasteiger partial charge in [-0.3, -0.25) is 4.79 Å². The Morgan fingerprint density at radius 3 is 2.52 bits per heavy atom. The van der Waals surface area contributed by atoms with Gasteiger partial charge in [0.15, 0.2) is 0 Å². The van der Waals surface area contributed by atoms with E-state index in [1.54, 1.807) is 18.4 Å². The largest absolute Gasteiger partial charge is 0.497 e. The number of likely N-dealkylation sites (tertiary alicyclic amines) is 1. The van der Waals surface area contributed by atoms with Crippen LogP contribution in [0.15, 0.2) is 36.4 Å². The van der Waals surface area contributed by atoms with Crippen molar-refractivity contribution in [3.8, 4) is 16.2 Å². The average molecular weight is 329 g/mol. The van der Waals surface area contributed by atoms with Crippen molar-refractivity contribution in [3.05, 3.63) is 41.3 Å². The van der Waals surface area contributed by atoms with Crippen molar-refractivity contribution in [1.82, 2.24) is 4.90 Å². The molecular weight excluding hydrogens is 306 g/mol. The minimum absolute atomic E-state index is 0.309. The number of carbonyl (C=O) groups excluding carboxylic acids is 1. The number of piperidine rings is 1. The molecule has 0 atom stereocenters. The summed E-state index contributed by atoms with van der Waals surface area (Å²) in [5.41, 5.74) is 1.20. The highest BCUT2D eigenvalue weighted by Gasteiger charge is 2.16. The van der Waals surface area contributed by atoms with Crippen molar-refractivity contribution in [2.24, 2.45) is 0 Å². The number of nitrogens with zero attached hydrogens (tertiary/aromatic N) is 1. The first-order valence-electron chi connectivity index (χ1n) is 8.27. The van der Waals surface area contributed by atoms with E-state index >= 15 is 0 Å². The Hall–Kier alpha value is -1.81. The summed E-state index contributed by atoms with van der Waals surface area (Å²) in [6.45, 7) is 1.89. The molecule has 122 valence electrons. The highest BCUT2D eigenvalue weighted by atomic mass is 32.1. The minimum Gasteiger partial charge on any atom is -0.497 e. The van der Waals surface area contributed by atoms with Gasteiger partial charge in [-0.05, 0) is 67.6 Å². The fraction of sp³-hybridized carbons (Fsp3) is 0.421. The minimum atomic E-state index is 0.309. The maximum absolute atomic E-state index is 12.2. The number of carbonyl (C=O) groups is 1. The van der Waals surface area contributed by atoms with Crippen molar-refractivity contribution < 1.29 is 9.53 Å². The second kappa shape index (κ2) is 7.64. The molecule has 0 spiro atoms. The van der Waals surface area contributed by atoms with Crippen LogP contribution in [-0.2, 0) is 11.2 Å². The number of thiophene rings is 1. The van der Waals surface area contributed by atoms with Crippen LogP contribution in [0.2, 0.25) is 0 Å². The standard InChI is InChI=1S/C19H23NO2S/c1-22-16-7-5-15(6-8-16)18-11-9-17(23-18)10-12-19(21)20-13-3-2-4-14-20/h5-9,11H,2-4,10,12-14H2,1H3. The third-order valence-electron chi connectivity index (χ3n) is 4.33. The van der Waals surface area contributed by atoms with Crippen molar-refractivity contribution >= 4 is 17.2 Å². The molecule has 1 amide bonds. The van der Waals surface area contributed by atoms with E-state index in [0.717, 1.165) is 38.1 Å². The molecule has 3 rings (SSSR count). The fourth-order valence-electron chi connectivity index (χ4n) is 2.95. The van der Waals surface area contributed by atoms with Gasteiger partial charge < -0.3 is 9.64 Å². The van der Waals surface area contributed by atoms with Crippen LogP contribution in [0.5, 0.6) is 5.75 Å². The summed E-state index contributed by atoms with van der Waals surface area (Å²) >= 11 is 1.78. The second-order valence-corrected chi connectivity index (χ2v) is 7.10. The molecule has 1 aliphatic rings. The highest BCUT2D eigenvalue weighted by Crippen LogP contribution is 2.30. The van der Waals surface area contributed by atoms with Crippen LogP contribution in [0.25, 0.3) is 10.4 Å². The van der Waals surface area contributed by atoms with Gasteiger partial charge in [0.2, 0.25) is 5.91 Å². The van der Waals surface area contributed by atoms with Crippen LogP contribution in [-0.4, -0.2) is 31.0 Å². The van der Waals surface area contributed by atoms with Gasteiger partial charge in [-0.2, -0.15) is 0 Å². The lowest BCUT2D eigenvalue weighted by molar-refractivity contribution is -0.132. The number of amides is 1. The van der Waals surface area contributed by atoms with Gasteiger partial charge >= 0.3 is 0 Å². The molecule has 2 heterocycles. The molecular formula is C19H23NO2S. The van der Waals surface area contributed by atoms with Crippen LogP contribution >= 0.6 is 11.3 Å². The van der Waals surface area contributed by atoms with E-state index in [1.165, 1.54) is 21.7 Å². The smallest absolute Gasteiger partial charge is 0.222 e. The molecule has 1 aromatic heterocycles. The summed E-state index contributed by atoms with van der Waals surface area (Å²) in [5, 5.41) is 0. The fourth-order valence-corrected chi connectivity index (χ4v) is 3.97. The Balaban J connectivity index is 1.57. The van der Waals surface area contributed by atoms with Crippen molar-refractivity contribution in [2.75, 3.05) is 20.2 Å². The van der Waals surface area contributed by atoms with Crippen molar-refractivity contribution in [2.45, 2.75) is 32.1 Å². The number of ether oxygens (including phenoxy) is 1. The van der Waals surface area contributed by atoms with Crippen LogP contribution in [0.4, 0.5) is 0 Å². The molecule has 1 aliphatic heterocycles. The summed E-state index contributed by atoms with van der Waals surface area (Å²) in [7, 11) is 1.68. The lowest BCUT2D eigenvalue weighted by Gasteiger charge is -2.26. The van der Waals surface area contributed by atoms with Crippen LogP contribution in [0.1, 0.15) is 30.6 Å². The third kappa shape index (κ3) is 4.14. The van der Waals surface area contributed by atoms with Gasteiger partial charge in [-0.1, -0.05) is 0 Å². The predicted octanol–water partition coefficient (Wildman–Crippen LogP) is 4.37. The molecule has 0 saturated carbocycles. The maximum Gasteiger partial charge on any atom is 0.222 e. The van der Waals surface area contributed by atoms with E-state index in [2.05, 4.69) is 24.3 Å². The van der Waals surface area contributed by atoms with E-state index < -0.39 is 0 Å². The highest BCUT2D eigenvalue weighted by molar-refractivity contribution is 7.15. The predicted molar refractivity (Wildman–Crippen MR) is 95.1 cm³/mol. The van der Waals surface area contributed by atoms with E-state index in [4.69, 9.17) is 4.74 Å². The zero-order chi connectivity index (χ0) is 16.1. The summed E-state index contributed by atoms with van der Waals surface area (Å²) in [5.74, 6) is 1.18. The Morgan fingerprint density at radius 1 is 1.09 bits per heavy atom. The molecule has 0 aliphatic carbocycles. The number of methoxy groups -OCH3 is 1. The summed E-state index contributed by atoms with van der Waals surface area (Å²) in [6, 6.07) is 12.4. The summed E-state index contributed by atoms with van der Waals surface area (Å²) in [4.78, 5) is 16.8. The van der Waals surface area contributed by atoms with Gasteiger partial charge in [-0.15, -0.1) is 11.3 Å². The molecule has 4 heteroatoms. The van der Waals surface area contributed by atoms with Gasteiger partial charge in [0.1, 0.15) is 5.75 Å². The Kier molecular flexibility index (Phi) is 5.34. The molecule has 0 bridgehead atoms. The molecule has 3 nitrogen and oxygen atoms in total. The topological polar surface area (TPSA) is 29.5 Å². The van der Waals surface area contributed by atoms with E-state index in [-0.39, 0.29) is 0 Å². The van der Waals surface area contributed by atoms with Crippen LogP contribution in [0, 0.1) is 0 Å². The monoisotopic (exact) mass is 329 g/mol. The first kappa shape index (κ1) is 16.1. The second-order valence-electron chi connectivity index (χ2n) is 5.94. The van der Waals surface area contributed by atoms with E-state index in [9.17, 15) is 4.79 Å². The molecule has 2 aromatic rings. The van der Waals surface area contributed by atoms with Crippen LogP contribution in [0.3, 0.4) is 0 Å². The van der Waals surface area contributed by atoms with Gasteiger partial charge in [0.25, 0.3) is 0 Å². The van der Waals surface area contributed by atoms with Crippen LogP contribution < -0.4 is 4.74 Å². The zero-order valence-corrected chi connectivity index (χ0v) is 14.4. The summed E-state index contributed by atoms with van der Waals surface area (Å²) in [6.07, 6.45) is 5.05. The number of hydrogen-bond acceptors (Lipinski definition) is 3. The van der Waals surface area contributed by atoms with Gasteiger partial charge in [0, 0.05) is 29.3 Å². The molecule has 0 radical (unpaired) electrons.